The molecule has 0 unspecified atom stereocenters. The van der Waals surface area contributed by atoms with Gasteiger partial charge in [-0.25, -0.2) is 4.39 Å². The van der Waals surface area contributed by atoms with Crippen molar-refractivity contribution >= 4 is 29.9 Å². The summed E-state index contributed by atoms with van der Waals surface area (Å²) >= 11 is 6.36. The summed E-state index contributed by atoms with van der Waals surface area (Å²) in [6.45, 7) is 4.68. The van der Waals surface area contributed by atoms with Crippen molar-refractivity contribution in [2.75, 3.05) is 39.9 Å². The number of carbonyl (C=O) groups excluding carboxylic acids is 1. The summed E-state index contributed by atoms with van der Waals surface area (Å²) in [6, 6.07) is 3.20. The van der Waals surface area contributed by atoms with Crippen LogP contribution >= 0.6 is 24.0 Å². The number of benzene rings is 1. The summed E-state index contributed by atoms with van der Waals surface area (Å²) in [7, 11) is 1.89. The van der Waals surface area contributed by atoms with E-state index in [9.17, 15) is 9.18 Å². The van der Waals surface area contributed by atoms with E-state index in [2.05, 4.69) is 4.90 Å². The van der Waals surface area contributed by atoms with Crippen LogP contribution in [0.25, 0.3) is 0 Å². The van der Waals surface area contributed by atoms with Crippen LogP contribution in [-0.4, -0.2) is 61.7 Å². The van der Waals surface area contributed by atoms with Gasteiger partial charge in [0.05, 0.1) is 11.1 Å². The van der Waals surface area contributed by atoms with E-state index in [-0.39, 0.29) is 36.2 Å². The molecular weight excluding hydrogens is 442 g/mol. The molecule has 5 nitrogen and oxygen atoms in total. The third-order valence-corrected chi connectivity index (χ3v) is 7.01. The van der Waals surface area contributed by atoms with Gasteiger partial charge < -0.3 is 14.4 Å². The SMILES string of the molecule is CN(CC1CC(Oc2cc(F)c(CN3CCCC3)c(Cl)c2)C1)C(=O)C1CCOCC1.Cl. The zero-order valence-electron chi connectivity index (χ0n) is 18.2. The largest absolute Gasteiger partial charge is 0.490 e. The maximum atomic E-state index is 14.6. The van der Waals surface area contributed by atoms with Gasteiger partial charge in [0.2, 0.25) is 5.91 Å². The minimum atomic E-state index is -0.290. The molecule has 2 heterocycles. The van der Waals surface area contributed by atoms with E-state index in [4.69, 9.17) is 21.1 Å². The maximum Gasteiger partial charge on any atom is 0.225 e. The zero-order valence-corrected chi connectivity index (χ0v) is 19.7. The molecule has 0 radical (unpaired) electrons. The molecule has 1 saturated carbocycles. The molecule has 3 fully saturated rings. The van der Waals surface area contributed by atoms with Gasteiger partial charge in [-0.05, 0) is 63.6 Å². The van der Waals surface area contributed by atoms with E-state index in [0.717, 1.165) is 45.3 Å². The first kappa shape index (κ1) is 24.6. The summed E-state index contributed by atoms with van der Waals surface area (Å²) in [5, 5.41) is 0.439. The highest BCUT2D eigenvalue weighted by atomic mass is 35.5. The predicted molar refractivity (Wildman–Crippen MR) is 121 cm³/mol. The summed E-state index contributed by atoms with van der Waals surface area (Å²) < 4.78 is 25.9. The van der Waals surface area contributed by atoms with Crippen LogP contribution in [0.1, 0.15) is 44.1 Å². The minimum absolute atomic E-state index is 0. The van der Waals surface area contributed by atoms with E-state index < -0.39 is 0 Å². The molecule has 0 atom stereocenters. The van der Waals surface area contributed by atoms with E-state index in [1.807, 2.05) is 11.9 Å². The van der Waals surface area contributed by atoms with Crippen molar-refractivity contribution in [3.63, 3.8) is 0 Å². The number of nitrogens with zero attached hydrogens (tertiary/aromatic N) is 2. The molecule has 4 rings (SSSR count). The van der Waals surface area contributed by atoms with Crippen LogP contribution in [0.4, 0.5) is 4.39 Å². The molecule has 2 aliphatic heterocycles. The second kappa shape index (κ2) is 11.2. The molecule has 0 aromatic heterocycles. The lowest BCUT2D eigenvalue weighted by molar-refractivity contribution is -0.138. The molecule has 31 heavy (non-hydrogen) atoms. The Labute approximate surface area is 195 Å². The Hall–Kier alpha value is -1.08. The lowest BCUT2D eigenvalue weighted by Crippen LogP contribution is -2.44. The number of carbonyl (C=O) groups is 1. The van der Waals surface area contributed by atoms with E-state index in [1.165, 1.54) is 18.9 Å². The van der Waals surface area contributed by atoms with Crippen LogP contribution in [0.5, 0.6) is 5.75 Å². The van der Waals surface area contributed by atoms with Crippen molar-refractivity contribution < 1.29 is 18.7 Å². The highest BCUT2D eigenvalue weighted by Crippen LogP contribution is 2.35. The molecule has 3 aliphatic rings. The van der Waals surface area contributed by atoms with Gasteiger partial charge in [-0.3, -0.25) is 9.69 Å². The fraction of sp³-hybridized carbons (Fsp3) is 0.696. The Kier molecular flexibility index (Phi) is 8.85. The van der Waals surface area contributed by atoms with Crippen LogP contribution < -0.4 is 4.74 Å². The molecule has 1 amide bonds. The fourth-order valence-electron chi connectivity index (χ4n) is 4.81. The molecule has 1 aromatic carbocycles. The van der Waals surface area contributed by atoms with Crippen molar-refractivity contribution in [3.05, 3.63) is 28.5 Å². The first-order valence-corrected chi connectivity index (χ1v) is 11.6. The quantitative estimate of drug-likeness (QED) is 0.581. The number of amides is 1. The van der Waals surface area contributed by atoms with Gasteiger partial charge >= 0.3 is 0 Å². The molecule has 1 aliphatic carbocycles. The monoisotopic (exact) mass is 474 g/mol. The van der Waals surface area contributed by atoms with Gasteiger partial charge in [0.15, 0.2) is 0 Å². The molecule has 174 valence electrons. The third-order valence-electron chi connectivity index (χ3n) is 6.67. The Bertz CT molecular complexity index is 725. The van der Waals surface area contributed by atoms with Crippen molar-refractivity contribution in [1.82, 2.24) is 9.80 Å². The van der Waals surface area contributed by atoms with Gasteiger partial charge in [-0.15, -0.1) is 12.4 Å². The van der Waals surface area contributed by atoms with Gasteiger partial charge in [-0.1, -0.05) is 11.6 Å². The number of likely N-dealkylation sites (tertiary alicyclic amines) is 1. The Morgan fingerprint density at radius 1 is 1.26 bits per heavy atom. The zero-order chi connectivity index (χ0) is 21.1. The first-order valence-electron chi connectivity index (χ1n) is 11.2. The normalized spacial score (nSPS) is 24.4. The molecule has 0 bridgehead atoms. The average molecular weight is 475 g/mol. The second-order valence-corrected chi connectivity index (χ2v) is 9.44. The molecular formula is C23H33Cl2FN2O3. The number of ether oxygens (including phenoxy) is 2. The van der Waals surface area contributed by atoms with Crippen LogP contribution in [0, 0.1) is 17.7 Å². The number of hydrogen-bond donors (Lipinski definition) is 0. The fourth-order valence-corrected chi connectivity index (χ4v) is 5.07. The summed E-state index contributed by atoms with van der Waals surface area (Å²) in [5.41, 5.74) is 0.561. The van der Waals surface area contributed by atoms with Crippen LogP contribution in [0.15, 0.2) is 12.1 Å². The summed E-state index contributed by atoms with van der Waals surface area (Å²) in [5.74, 6) is 0.962. The Balaban J connectivity index is 0.00000272. The van der Waals surface area contributed by atoms with Crippen molar-refractivity contribution in [2.45, 2.75) is 51.2 Å². The molecule has 0 N–H and O–H groups in total. The maximum absolute atomic E-state index is 14.6. The predicted octanol–water partition coefficient (Wildman–Crippen LogP) is 4.54. The first-order chi connectivity index (χ1) is 14.5. The summed E-state index contributed by atoms with van der Waals surface area (Å²) in [6.07, 6.45) is 5.78. The third kappa shape index (κ3) is 6.25. The van der Waals surface area contributed by atoms with Crippen molar-refractivity contribution in [2.24, 2.45) is 11.8 Å². The van der Waals surface area contributed by atoms with Crippen LogP contribution in [0.3, 0.4) is 0 Å². The number of hydrogen-bond acceptors (Lipinski definition) is 4. The van der Waals surface area contributed by atoms with E-state index in [1.54, 1.807) is 6.07 Å². The van der Waals surface area contributed by atoms with Gasteiger partial charge in [0, 0.05) is 50.9 Å². The smallest absolute Gasteiger partial charge is 0.225 e. The highest BCUT2D eigenvalue weighted by molar-refractivity contribution is 6.31. The van der Waals surface area contributed by atoms with Crippen LogP contribution in [0.2, 0.25) is 5.02 Å². The summed E-state index contributed by atoms with van der Waals surface area (Å²) in [4.78, 5) is 16.7. The van der Waals surface area contributed by atoms with Crippen LogP contribution in [-0.2, 0) is 16.1 Å². The second-order valence-electron chi connectivity index (χ2n) is 9.03. The molecule has 2 saturated heterocycles. The van der Waals surface area contributed by atoms with Gasteiger partial charge in [0.25, 0.3) is 0 Å². The topological polar surface area (TPSA) is 42.0 Å². The minimum Gasteiger partial charge on any atom is -0.490 e. The Morgan fingerprint density at radius 3 is 2.58 bits per heavy atom. The van der Waals surface area contributed by atoms with Crippen molar-refractivity contribution in [3.8, 4) is 5.75 Å². The molecule has 1 aromatic rings. The van der Waals surface area contributed by atoms with E-state index >= 15 is 0 Å². The number of halogens is 3. The van der Waals surface area contributed by atoms with E-state index in [0.29, 0.717) is 42.0 Å². The van der Waals surface area contributed by atoms with Gasteiger partial charge in [-0.2, -0.15) is 0 Å². The lowest BCUT2D eigenvalue weighted by atomic mass is 9.81. The number of rotatable bonds is 7. The average Bonchev–Trinajstić information content (AvgIpc) is 3.22. The standard InChI is InChI=1S/C23H32ClFN2O3.ClH/c1-26(23(28)17-4-8-29-9-5-17)14-16-10-18(11-16)30-19-12-21(24)20(22(25)13-19)15-27-6-2-3-7-27;/h12-13,16-18H,2-11,14-15H2,1H3;1H. The molecule has 8 heteroatoms. The Morgan fingerprint density at radius 2 is 1.94 bits per heavy atom. The molecule has 0 spiro atoms. The highest BCUT2D eigenvalue weighted by Gasteiger charge is 2.34. The van der Waals surface area contributed by atoms with Gasteiger partial charge in [0.1, 0.15) is 11.6 Å². The lowest BCUT2D eigenvalue weighted by Gasteiger charge is -2.38. The van der Waals surface area contributed by atoms with Crippen molar-refractivity contribution in [1.29, 1.82) is 0 Å².